The molecule has 0 fully saturated rings. The normalized spacial score (nSPS) is 11.2. The van der Waals surface area contributed by atoms with Crippen LogP contribution in [0.15, 0.2) is 42.5 Å². The molecule has 0 amide bonds. The summed E-state index contributed by atoms with van der Waals surface area (Å²) in [5.41, 5.74) is 6.66. The van der Waals surface area contributed by atoms with Crippen LogP contribution in [0.5, 0.6) is 5.75 Å². The Bertz CT molecular complexity index is 594. The second-order valence-electron chi connectivity index (χ2n) is 4.12. The van der Waals surface area contributed by atoms with Gasteiger partial charge in [0.2, 0.25) is 0 Å². The molecule has 0 saturated carbocycles. The minimum absolute atomic E-state index is 0.398. The molecular formula is C14H13F3N2O. The molecule has 2 aromatic rings. The average molecular weight is 282 g/mol. The Labute approximate surface area is 114 Å². The minimum Gasteiger partial charge on any atom is -0.495 e. The maximum Gasteiger partial charge on any atom is 0.416 e. The molecule has 3 N–H and O–H groups in total. The number of para-hydroxylation sites is 1. The highest BCUT2D eigenvalue weighted by molar-refractivity contribution is 5.77. The zero-order valence-corrected chi connectivity index (χ0v) is 10.7. The molecule has 0 aliphatic carbocycles. The monoisotopic (exact) mass is 282 g/mol. The van der Waals surface area contributed by atoms with Gasteiger partial charge in [0.1, 0.15) is 5.75 Å². The predicted molar refractivity (Wildman–Crippen MR) is 72.1 cm³/mol. The highest BCUT2D eigenvalue weighted by Gasteiger charge is 2.29. The molecule has 0 bridgehead atoms. The number of methoxy groups -OCH3 is 1. The van der Waals surface area contributed by atoms with Crippen molar-refractivity contribution in [2.45, 2.75) is 6.18 Å². The third-order valence-electron chi connectivity index (χ3n) is 2.78. The van der Waals surface area contributed by atoms with Crippen LogP contribution >= 0.6 is 0 Å². The van der Waals surface area contributed by atoms with Crippen molar-refractivity contribution in [2.75, 3.05) is 18.2 Å². The number of halogens is 3. The first-order valence-corrected chi connectivity index (χ1v) is 5.78. The van der Waals surface area contributed by atoms with E-state index in [1.807, 2.05) is 0 Å². The maximum atomic E-state index is 12.5. The van der Waals surface area contributed by atoms with Crippen molar-refractivity contribution >= 4 is 17.1 Å². The van der Waals surface area contributed by atoms with Gasteiger partial charge in [-0.15, -0.1) is 0 Å². The first-order valence-electron chi connectivity index (χ1n) is 5.78. The standard InChI is InChI=1S/C14H13F3N2O/c1-20-12-4-2-3-11(13(12)18)19-10-7-5-9(6-8-10)14(15,16)17/h2-8,19H,18H2,1H3. The fourth-order valence-corrected chi connectivity index (χ4v) is 1.73. The molecule has 0 aliphatic heterocycles. The lowest BCUT2D eigenvalue weighted by molar-refractivity contribution is -0.137. The van der Waals surface area contributed by atoms with E-state index in [0.29, 0.717) is 22.8 Å². The first-order chi connectivity index (χ1) is 9.41. The quantitative estimate of drug-likeness (QED) is 0.835. The molecular weight excluding hydrogens is 269 g/mol. The molecule has 0 spiro atoms. The largest absolute Gasteiger partial charge is 0.495 e. The topological polar surface area (TPSA) is 47.3 Å². The molecule has 3 nitrogen and oxygen atoms in total. The van der Waals surface area contributed by atoms with Gasteiger partial charge in [0, 0.05) is 5.69 Å². The number of hydrogen-bond acceptors (Lipinski definition) is 3. The van der Waals surface area contributed by atoms with Crippen molar-refractivity contribution in [3.05, 3.63) is 48.0 Å². The molecule has 0 atom stereocenters. The first kappa shape index (κ1) is 14.0. The molecule has 0 heterocycles. The van der Waals surface area contributed by atoms with Crippen LogP contribution in [0.25, 0.3) is 0 Å². The minimum atomic E-state index is -4.34. The Morgan fingerprint density at radius 2 is 1.70 bits per heavy atom. The summed E-state index contributed by atoms with van der Waals surface area (Å²) < 4.78 is 42.4. The van der Waals surface area contributed by atoms with Gasteiger partial charge in [0.05, 0.1) is 24.0 Å². The van der Waals surface area contributed by atoms with E-state index in [1.54, 1.807) is 18.2 Å². The van der Waals surface area contributed by atoms with Gasteiger partial charge < -0.3 is 15.8 Å². The highest BCUT2D eigenvalue weighted by atomic mass is 19.4. The lowest BCUT2D eigenvalue weighted by Gasteiger charge is -2.13. The van der Waals surface area contributed by atoms with Crippen LogP contribution < -0.4 is 15.8 Å². The molecule has 0 unspecified atom stereocenters. The summed E-state index contributed by atoms with van der Waals surface area (Å²) in [6, 6.07) is 9.88. The molecule has 2 rings (SSSR count). The van der Waals surface area contributed by atoms with Crippen molar-refractivity contribution < 1.29 is 17.9 Å². The number of hydrogen-bond donors (Lipinski definition) is 2. The van der Waals surface area contributed by atoms with Crippen LogP contribution in [0, 0.1) is 0 Å². The van der Waals surface area contributed by atoms with E-state index in [0.717, 1.165) is 12.1 Å². The van der Waals surface area contributed by atoms with Crippen LogP contribution in [0.3, 0.4) is 0 Å². The van der Waals surface area contributed by atoms with E-state index in [4.69, 9.17) is 10.5 Å². The zero-order valence-electron chi connectivity index (χ0n) is 10.7. The van der Waals surface area contributed by atoms with Crippen LogP contribution in [0.4, 0.5) is 30.2 Å². The summed E-state index contributed by atoms with van der Waals surface area (Å²) in [6.07, 6.45) is -4.34. The highest BCUT2D eigenvalue weighted by Crippen LogP contribution is 2.33. The fraction of sp³-hybridized carbons (Fsp3) is 0.143. The summed E-state index contributed by atoms with van der Waals surface area (Å²) in [4.78, 5) is 0. The van der Waals surface area contributed by atoms with Gasteiger partial charge in [-0.2, -0.15) is 13.2 Å². The Morgan fingerprint density at radius 3 is 2.25 bits per heavy atom. The van der Waals surface area contributed by atoms with Gasteiger partial charge in [-0.1, -0.05) is 6.07 Å². The Hall–Kier alpha value is -2.37. The molecule has 0 radical (unpaired) electrons. The molecule has 0 aliphatic rings. The number of alkyl halides is 3. The van der Waals surface area contributed by atoms with E-state index in [1.165, 1.54) is 19.2 Å². The third-order valence-corrected chi connectivity index (χ3v) is 2.78. The Morgan fingerprint density at radius 1 is 1.05 bits per heavy atom. The summed E-state index contributed by atoms with van der Waals surface area (Å²) in [5, 5.41) is 2.95. The fourth-order valence-electron chi connectivity index (χ4n) is 1.73. The molecule has 0 saturated heterocycles. The van der Waals surface area contributed by atoms with Gasteiger partial charge >= 0.3 is 6.18 Å². The summed E-state index contributed by atoms with van der Waals surface area (Å²) in [7, 11) is 1.49. The lowest BCUT2D eigenvalue weighted by Crippen LogP contribution is -2.04. The van der Waals surface area contributed by atoms with E-state index < -0.39 is 11.7 Å². The van der Waals surface area contributed by atoms with Crippen molar-refractivity contribution in [1.82, 2.24) is 0 Å². The number of benzene rings is 2. The van der Waals surface area contributed by atoms with Crippen LogP contribution in [-0.2, 0) is 6.18 Å². The third kappa shape index (κ3) is 2.96. The van der Waals surface area contributed by atoms with Crippen LogP contribution in [0.2, 0.25) is 0 Å². The molecule has 0 aromatic heterocycles. The Kier molecular flexibility index (Phi) is 3.74. The molecule has 20 heavy (non-hydrogen) atoms. The molecule has 2 aromatic carbocycles. The van der Waals surface area contributed by atoms with E-state index in [2.05, 4.69) is 5.32 Å². The van der Waals surface area contributed by atoms with Crippen LogP contribution in [0.1, 0.15) is 5.56 Å². The number of ether oxygens (including phenoxy) is 1. The average Bonchev–Trinajstić information content (AvgIpc) is 2.41. The second kappa shape index (κ2) is 5.32. The number of anilines is 3. The van der Waals surface area contributed by atoms with Crippen molar-refractivity contribution in [3.8, 4) is 5.75 Å². The number of nitrogens with one attached hydrogen (secondary N) is 1. The van der Waals surface area contributed by atoms with Crippen molar-refractivity contribution in [1.29, 1.82) is 0 Å². The van der Waals surface area contributed by atoms with Crippen molar-refractivity contribution in [3.63, 3.8) is 0 Å². The van der Waals surface area contributed by atoms with Gasteiger partial charge in [-0.05, 0) is 36.4 Å². The predicted octanol–water partition coefficient (Wildman–Crippen LogP) is 4.04. The summed E-state index contributed by atoms with van der Waals surface area (Å²) >= 11 is 0. The van der Waals surface area contributed by atoms with Gasteiger partial charge in [-0.25, -0.2) is 0 Å². The zero-order chi connectivity index (χ0) is 14.8. The Balaban J connectivity index is 2.23. The van der Waals surface area contributed by atoms with E-state index in [-0.39, 0.29) is 0 Å². The summed E-state index contributed by atoms with van der Waals surface area (Å²) in [5.74, 6) is 0.502. The van der Waals surface area contributed by atoms with Gasteiger partial charge in [0.25, 0.3) is 0 Å². The van der Waals surface area contributed by atoms with Gasteiger partial charge in [0.15, 0.2) is 0 Å². The number of nitrogens with two attached hydrogens (primary N) is 1. The van der Waals surface area contributed by atoms with Gasteiger partial charge in [-0.3, -0.25) is 0 Å². The summed E-state index contributed by atoms with van der Waals surface area (Å²) in [6.45, 7) is 0. The van der Waals surface area contributed by atoms with E-state index in [9.17, 15) is 13.2 Å². The second-order valence-corrected chi connectivity index (χ2v) is 4.12. The maximum absolute atomic E-state index is 12.5. The van der Waals surface area contributed by atoms with E-state index >= 15 is 0 Å². The smallest absolute Gasteiger partial charge is 0.416 e. The SMILES string of the molecule is COc1cccc(Nc2ccc(C(F)(F)F)cc2)c1N. The molecule has 6 heteroatoms. The van der Waals surface area contributed by atoms with Crippen LogP contribution in [-0.4, -0.2) is 7.11 Å². The lowest BCUT2D eigenvalue weighted by atomic mass is 10.2. The number of rotatable bonds is 3. The van der Waals surface area contributed by atoms with Crippen molar-refractivity contribution in [2.24, 2.45) is 0 Å². The molecule has 106 valence electrons. The number of nitrogen functional groups attached to an aromatic ring is 1.